The molecule has 1 fully saturated rings. The van der Waals surface area contributed by atoms with Crippen LogP contribution in [0.4, 0.5) is 0 Å². The van der Waals surface area contributed by atoms with Crippen LogP contribution in [0.1, 0.15) is 41.7 Å². The highest BCUT2D eigenvalue weighted by molar-refractivity contribution is 6.01. The molecule has 0 aromatic heterocycles. The summed E-state index contributed by atoms with van der Waals surface area (Å²) in [5, 5.41) is 3.28. The van der Waals surface area contributed by atoms with Crippen molar-refractivity contribution in [2.75, 3.05) is 13.1 Å². The Bertz CT molecular complexity index is 931. The Kier molecular flexibility index (Phi) is 6.06. The lowest BCUT2D eigenvalue weighted by Crippen LogP contribution is -2.45. The molecule has 3 aromatic carbocycles. The summed E-state index contributed by atoms with van der Waals surface area (Å²) in [4.78, 5) is 15.5. The molecule has 0 saturated carbocycles. The Balaban J connectivity index is 1.39. The normalized spacial score (nSPS) is 16.3. The molecule has 4 rings (SSSR count). The number of hydrogen-bond donors (Lipinski definition) is 1. The van der Waals surface area contributed by atoms with Crippen LogP contribution in [0.2, 0.25) is 0 Å². The maximum absolute atomic E-state index is 13.0. The number of benzene rings is 3. The van der Waals surface area contributed by atoms with E-state index in [0.717, 1.165) is 42.6 Å². The minimum atomic E-state index is 0.0269. The lowest BCUT2D eigenvalue weighted by atomic mass is 9.97. The van der Waals surface area contributed by atoms with Gasteiger partial charge in [0, 0.05) is 30.7 Å². The molecule has 1 amide bonds. The molecule has 3 nitrogen and oxygen atoms in total. The average Bonchev–Trinajstić information content (AvgIpc) is 2.80. The molecule has 1 aliphatic heterocycles. The molecule has 0 bridgehead atoms. The van der Waals surface area contributed by atoms with Gasteiger partial charge in [-0.05, 0) is 42.5 Å². The second-order valence-electron chi connectivity index (χ2n) is 7.78. The van der Waals surface area contributed by atoms with Crippen molar-refractivity contribution in [3.8, 4) is 11.1 Å². The Hall–Kier alpha value is -2.91. The van der Waals surface area contributed by atoms with Gasteiger partial charge in [-0.25, -0.2) is 0 Å². The van der Waals surface area contributed by atoms with E-state index in [2.05, 4.69) is 59.6 Å². The van der Waals surface area contributed by atoms with E-state index in [-0.39, 0.29) is 11.9 Å². The zero-order valence-corrected chi connectivity index (χ0v) is 16.9. The Labute approximate surface area is 173 Å². The number of nitrogens with zero attached hydrogens (tertiary/aromatic N) is 1. The Morgan fingerprint density at radius 1 is 0.862 bits per heavy atom. The van der Waals surface area contributed by atoms with Gasteiger partial charge < -0.3 is 5.32 Å². The fourth-order valence-corrected chi connectivity index (χ4v) is 4.19. The molecule has 1 N–H and O–H groups in total. The van der Waals surface area contributed by atoms with Crippen LogP contribution in [0.5, 0.6) is 0 Å². The molecule has 0 aliphatic carbocycles. The first-order chi connectivity index (χ1) is 14.2. The van der Waals surface area contributed by atoms with Gasteiger partial charge in [0.25, 0.3) is 5.91 Å². The zero-order valence-electron chi connectivity index (χ0n) is 16.9. The largest absolute Gasteiger partial charge is 0.349 e. The van der Waals surface area contributed by atoms with Crippen molar-refractivity contribution in [1.29, 1.82) is 0 Å². The van der Waals surface area contributed by atoms with Gasteiger partial charge in [0.2, 0.25) is 0 Å². The number of nitrogens with one attached hydrogen (secondary N) is 1. The standard InChI is InChI=1S/C26H28N2O/c1-20(21-10-4-2-5-11-21)28-18-16-23(17-19-28)27-26(29)25-15-9-8-14-24(25)22-12-6-3-7-13-22/h2-15,20,23H,16-19H2,1H3,(H,27,29). The summed E-state index contributed by atoms with van der Waals surface area (Å²) < 4.78 is 0. The third-order valence-electron chi connectivity index (χ3n) is 5.95. The number of likely N-dealkylation sites (tertiary alicyclic amines) is 1. The number of carbonyl (C=O) groups is 1. The second-order valence-corrected chi connectivity index (χ2v) is 7.78. The number of carbonyl (C=O) groups excluding carboxylic acids is 1. The minimum Gasteiger partial charge on any atom is -0.349 e. The van der Waals surface area contributed by atoms with Crippen LogP contribution in [0.3, 0.4) is 0 Å². The number of piperidine rings is 1. The molecule has 3 aromatic rings. The molecule has 1 saturated heterocycles. The van der Waals surface area contributed by atoms with Gasteiger partial charge in [-0.1, -0.05) is 78.9 Å². The highest BCUT2D eigenvalue weighted by atomic mass is 16.1. The van der Waals surface area contributed by atoms with Gasteiger partial charge in [-0.15, -0.1) is 0 Å². The SMILES string of the molecule is CC(c1ccccc1)N1CCC(NC(=O)c2ccccc2-c2ccccc2)CC1. The first-order valence-corrected chi connectivity index (χ1v) is 10.5. The smallest absolute Gasteiger partial charge is 0.252 e. The molecular formula is C26H28N2O. The predicted octanol–water partition coefficient (Wildman–Crippen LogP) is 5.31. The number of hydrogen-bond acceptors (Lipinski definition) is 2. The topological polar surface area (TPSA) is 32.3 Å². The lowest BCUT2D eigenvalue weighted by molar-refractivity contribution is 0.0896. The van der Waals surface area contributed by atoms with Gasteiger partial charge in [-0.2, -0.15) is 0 Å². The highest BCUT2D eigenvalue weighted by Crippen LogP contribution is 2.26. The fourth-order valence-electron chi connectivity index (χ4n) is 4.19. The van der Waals surface area contributed by atoms with Gasteiger partial charge in [0.05, 0.1) is 0 Å². The van der Waals surface area contributed by atoms with E-state index < -0.39 is 0 Å². The summed E-state index contributed by atoms with van der Waals surface area (Å²) in [6.45, 7) is 4.27. The van der Waals surface area contributed by atoms with Crippen molar-refractivity contribution in [2.24, 2.45) is 0 Å². The van der Waals surface area contributed by atoms with Crippen molar-refractivity contribution in [1.82, 2.24) is 10.2 Å². The van der Waals surface area contributed by atoms with Crippen LogP contribution in [-0.2, 0) is 0 Å². The molecule has 0 spiro atoms. The van der Waals surface area contributed by atoms with Crippen LogP contribution >= 0.6 is 0 Å². The molecule has 3 heteroatoms. The van der Waals surface area contributed by atoms with Gasteiger partial charge >= 0.3 is 0 Å². The van der Waals surface area contributed by atoms with Crippen LogP contribution in [0.25, 0.3) is 11.1 Å². The summed E-state index contributed by atoms with van der Waals surface area (Å²) >= 11 is 0. The van der Waals surface area contributed by atoms with Gasteiger partial charge in [-0.3, -0.25) is 9.69 Å². The summed E-state index contributed by atoms with van der Waals surface area (Å²) in [5.41, 5.74) is 4.16. The first-order valence-electron chi connectivity index (χ1n) is 10.5. The summed E-state index contributed by atoms with van der Waals surface area (Å²) in [6.07, 6.45) is 1.97. The van der Waals surface area contributed by atoms with Crippen LogP contribution in [0, 0.1) is 0 Å². The average molecular weight is 385 g/mol. The summed E-state index contributed by atoms with van der Waals surface area (Å²) in [6, 6.07) is 29.3. The van der Waals surface area contributed by atoms with Crippen LogP contribution in [-0.4, -0.2) is 29.9 Å². The predicted molar refractivity (Wildman–Crippen MR) is 119 cm³/mol. The van der Waals surface area contributed by atoms with Crippen LogP contribution < -0.4 is 5.32 Å². The number of rotatable bonds is 5. The third kappa shape index (κ3) is 4.57. The van der Waals surface area contributed by atoms with E-state index >= 15 is 0 Å². The van der Waals surface area contributed by atoms with Crippen molar-refractivity contribution in [3.63, 3.8) is 0 Å². The van der Waals surface area contributed by atoms with Crippen molar-refractivity contribution < 1.29 is 4.79 Å². The van der Waals surface area contributed by atoms with E-state index in [1.165, 1.54) is 5.56 Å². The lowest BCUT2D eigenvalue weighted by Gasteiger charge is -2.36. The maximum atomic E-state index is 13.0. The molecule has 1 atom stereocenters. The van der Waals surface area contributed by atoms with Gasteiger partial charge in [0.1, 0.15) is 0 Å². The van der Waals surface area contributed by atoms with Gasteiger partial charge in [0.15, 0.2) is 0 Å². The Morgan fingerprint density at radius 3 is 2.14 bits per heavy atom. The monoisotopic (exact) mass is 384 g/mol. The molecule has 1 aliphatic rings. The Morgan fingerprint density at radius 2 is 1.45 bits per heavy atom. The van der Waals surface area contributed by atoms with Crippen molar-refractivity contribution in [2.45, 2.75) is 31.8 Å². The zero-order chi connectivity index (χ0) is 20.1. The molecule has 29 heavy (non-hydrogen) atoms. The minimum absolute atomic E-state index is 0.0269. The molecule has 148 valence electrons. The van der Waals surface area contributed by atoms with E-state index in [0.29, 0.717) is 6.04 Å². The van der Waals surface area contributed by atoms with E-state index in [9.17, 15) is 4.79 Å². The third-order valence-corrected chi connectivity index (χ3v) is 5.95. The molecule has 1 unspecified atom stereocenters. The van der Waals surface area contributed by atoms with E-state index in [1.54, 1.807) is 0 Å². The summed E-state index contributed by atoms with van der Waals surface area (Å²) in [5.74, 6) is 0.0269. The number of amides is 1. The second kappa shape index (κ2) is 9.06. The van der Waals surface area contributed by atoms with E-state index in [4.69, 9.17) is 0 Å². The highest BCUT2D eigenvalue weighted by Gasteiger charge is 2.25. The van der Waals surface area contributed by atoms with E-state index in [1.807, 2.05) is 42.5 Å². The molecule has 1 heterocycles. The maximum Gasteiger partial charge on any atom is 0.252 e. The fraction of sp³-hybridized carbons (Fsp3) is 0.269. The molecular weight excluding hydrogens is 356 g/mol. The summed E-state index contributed by atoms with van der Waals surface area (Å²) in [7, 11) is 0. The quantitative estimate of drug-likeness (QED) is 0.647. The van der Waals surface area contributed by atoms with Crippen LogP contribution in [0.15, 0.2) is 84.9 Å². The van der Waals surface area contributed by atoms with Crippen molar-refractivity contribution in [3.05, 3.63) is 96.1 Å². The molecule has 0 radical (unpaired) electrons. The first kappa shape index (κ1) is 19.4. The van der Waals surface area contributed by atoms with Crippen molar-refractivity contribution >= 4 is 5.91 Å².